The number of amides is 1. The molecule has 3 aliphatic rings. The van der Waals surface area contributed by atoms with Gasteiger partial charge in [-0.3, -0.25) is 13.8 Å². The monoisotopic (exact) mass is 445 g/mol. The van der Waals surface area contributed by atoms with Crippen molar-refractivity contribution in [3.05, 3.63) is 0 Å². The summed E-state index contributed by atoms with van der Waals surface area (Å²) >= 11 is 0. The van der Waals surface area contributed by atoms with Gasteiger partial charge in [-0.2, -0.15) is 8.42 Å². The van der Waals surface area contributed by atoms with Crippen LogP contribution in [-0.2, 0) is 33.4 Å². The largest absolute Gasteiger partial charge is 0.463 e. The predicted molar refractivity (Wildman–Crippen MR) is 110 cm³/mol. The number of hydrogen-bond donors (Lipinski definition) is 1. The molecule has 0 aromatic rings. The zero-order valence-corrected chi connectivity index (χ0v) is 19.9. The van der Waals surface area contributed by atoms with Crippen molar-refractivity contribution >= 4 is 22.0 Å². The predicted octanol–water partition coefficient (Wildman–Crippen LogP) is 2.02. The Labute approximate surface area is 179 Å². The molecule has 6 atom stereocenters. The highest BCUT2D eigenvalue weighted by Crippen LogP contribution is 2.74. The minimum Gasteiger partial charge on any atom is -0.463 e. The SMILES string of the molecule is CCC(C)(C)C(=O)OCCNC(=O)COC1(C)C2(C)CC3C(C2C)C1(C)OS3(=O)=O. The van der Waals surface area contributed by atoms with Crippen LogP contribution < -0.4 is 5.32 Å². The first-order chi connectivity index (χ1) is 13.7. The Balaban J connectivity index is 1.57. The number of ether oxygens (including phenoxy) is 2. The minimum absolute atomic E-state index is 0.0862. The fourth-order valence-electron chi connectivity index (χ4n) is 5.76. The molecule has 1 N–H and O–H groups in total. The molecule has 1 amide bonds. The third kappa shape index (κ3) is 3.11. The van der Waals surface area contributed by atoms with Gasteiger partial charge in [0, 0.05) is 11.3 Å². The van der Waals surface area contributed by atoms with Gasteiger partial charge in [-0.15, -0.1) is 0 Å². The molecule has 30 heavy (non-hydrogen) atoms. The van der Waals surface area contributed by atoms with Gasteiger partial charge < -0.3 is 14.8 Å². The Morgan fingerprint density at radius 3 is 2.47 bits per heavy atom. The third-order valence-corrected chi connectivity index (χ3v) is 10.3. The third-order valence-electron chi connectivity index (χ3n) is 8.49. The molecule has 172 valence electrons. The van der Waals surface area contributed by atoms with E-state index >= 15 is 0 Å². The zero-order chi connectivity index (χ0) is 22.8. The first kappa shape index (κ1) is 23.5. The van der Waals surface area contributed by atoms with Crippen LogP contribution >= 0.6 is 0 Å². The van der Waals surface area contributed by atoms with E-state index in [-0.39, 0.29) is 43.5 Å². The van der Waals surface area contributed by atoms with Crippen molar-refractivity contribution in [3.8, 4) is 0 Å². The van der Waals surface area contributed by atoms with E-state index in [2.05, 4.69) is 5.32 Å². The van der Waals surface area contributed by atoms with E-state index in [0.29, 0.717) is 12.8 Å². The standard InChI is InChI=1S/C21H35NO7S/c1-8-18(3,4)17(24)27-10-9-22-15(23)12-28-21(7)19(5)11-14-16(13(19)2)20(21,6)29-30(14,25)26/h13-14,16H,8-12H2,1-7H3,(H,22,23). The van der Waals surface area contributed by atoms with Crippen LogP contribution in [-0.4, -0.2) is 56.5 Å². The topological polar surface area (TPSA) is 108 Å². The summed E-state index contributed by atoms with van der Waals surface area (Å²) in [6.07, 6.45) is 1.14. The van der Waals surface area contributed by atoms with Gasteiger partial charge in [0.25, 0.3) is 10.1 Å². The van der Waals surface area contributed by atoms with Crippen LogP contribution in [0.4, 0.5) is 0 Å². The van der Waals surface area contributed by atoms with Crippen molar-refractivity contribution in [2.24, 2.45) is 22.7 Å². The van der Waals surface area contributed by atoms with Crippen molar-refractivity contribution in [1.29, 1.82) is 0 Å². The summed E-state index contributed by atoms with van der Waals surface area (Å²) in [4.78, 5) is 24.3. The molecular weight excluding hydrogens is 410 g/mol. The van der Waals surface area contributed by atoms with E-state index < -0.39 is 37.4 Å². The maximum atomic E-state index is 12.5. The Hall–Kier alpha value is -1.19. The fourth-order valence-corrected chi connectivity index (χ4v) is 8.04. The summed E-state index contributed by atoms with van der Waals surface area (Å²) in [7, 11) is -3.64. The number of nitrogens with one attached hydrogen (secondary N) is 1. The molecule has 6 unspecified atom stereocenters. The summed E-state index contributed by atoms with van der Waals surface area (Å²) in [6, 6.07) is 0. The summed E-state index contributed by atoms with van der Waals surface area (Å²) in [6.45, 7) is 13.3. The molecule has 3 rings (SSSR count). The molecule has 0 aromatic carbocycles. The zero-order valence-electron chi connectivity index (χ0n) is 19.0. The van der Waals surface area contributed by atoms with E-state index in [0.717, 1.165) is 0 Å². The molecule has 8 nitrogen and oxygen atoms in total. The average Bonchev–Trinajstić information content (AvgIpc) is 3.08. The first-order valence-electron chi connectivity index (χ1n) is 10.7. The normalized spacial score (nSPS) is 41.1. The summed E-state index contributed by atoms with van der Waals surface area (Å²) < 4.78 is 42.0. The lowest BCUT2D eigenvalue weighted by atomic mass is 9.66. The number of carbonyl (C=O) groups is 2. The molecule has 0 radical (unpaired) electrons. The number of hydrogen-bond acceptors (Lipinski definition) is 7. The lowest BCUT2D eigenvalue weighted by molar-refractivity contribution is -0.194. The maximum absolute atomic E-state index is 12.5. The van der Waals surface area contributed by atoms with Gasteiger partial charge in [0.1, 0.15) is 24.4 Å². The Morgan fingerprint density at radius 2 is 1.87 bits per heavy atom. The second-order valence-electron chi connectivity index (χ2n) is 10.2. The van der Waals surface area contributed by atoms with Crippen molar-refractivity contribution in [3.63, 3.8) is 0 Å². The van der Waals surface area contributed by atoms with E-state index in [1.807, 2.05) is 41.5 Å². The molecule has 1 aliphatic heterocycles. The van der Waals surface area contributed by atoms with Gasteiger partial charge in [-0.05, 0) is 46.5 Å². The van der Waals surface area contributed by atoms with Gasteiger partial charge in [-0.1, -0.05) is 20.8 Å². The molecule has 2 saturated carbocycles. The lowest BCUT2D eigenvalue weighted by Gasteiger charge is -2.49. The van der Waals surface area contributed by atoms with Crippen molar-refractivity contribution in [2.45, 2.75) is 77.8 Å². The second kappa shape index (κ2) is 7.17. The van der Waals surface area contributed by atoms with Gasteiger partial charge in [-0.25, -0.2) is 0 Å². The molecule has 3 fully saturated rings. The highest BCUT2D eigenvalue weighted by molar-refractivity contribution is 7.87. The maximum Gasteiger partial charge on any atom is 0.311 e. The van der Waals surface area contributed by atoms with Gasteiger partial charge >= 0.3 is 5.97 Å². The Kier molecular flexibility index (Phi) is 5.61. The van der Waals surface area contributed by atoms with Crippen LogP contribution in [0.25, 0.3) is 0 Å². The Morgan fingerprint density at radius 1 is 1.23 bits per heavy atom. The van der Waals surface area contributed by atoms with Gasteiger partial charge in [0.05, 0.1) is 17.2 Å². The quantitative estimate of drug-likeness (QED) is 0.346. The summed E-state index contributed by atoms with van der Waals surface area (Å²) in [5.74, 6) is -0.697. The molecule has 2 bridgehead atoms. The van der Waals surface area contributed by atoms with Crippen LogP contribution in [0.1, 0.15) is 61.3 Å². The molecule has 9 heteroatoms. The number of carbonyl (C=O) groups excluding carboxylic acids is 2. The Bertz CT molecular complexity index is 840. The summed E-state index contributed by atoms with van der Waals surface area (Å²) in [5, 5.41) is 2.18. The van der Waals surface area contributed by atoms with Gasteiger partial charge in [0.2, 0.25) is 5.91 Å². The van der Waals surface area contributed by atoms with Crippen LogP contribution in [0.3, 0.4) is 0 Å². The number of fused-ring (bicyclic) bond motifs is 1. The van der Waals surface area contributed by atoms with Crippen molar-refractivity contribution in [2.75, 3.05) is 19.8 Å². The van der Waals surface area contributed by atoms with Gasteiger partial charge in [0.15, 0.2) is 0 Å². The molecule has 0 spiro atoms. The van der Waals surface area contributed by atoms with E-state index in [1.165, 1.54) is 0 Å². The summed E-state index contributed by atoms with van der Waals surface area (Å²) in [5.41, 5.74) is -2.88. The van der Waals surface area contributed by atoms with Crippen molar-refractivity contribution < 1.29 is 31.7 Å². The second-order valence-corrected chi connectivity index (χ2v) is 12.0. The molecule has 0 aromatic heterocycles. The van der Waals surface area contributed by atoms with E-state index in [9.17, 15) is 18.0 Å². The van der Waals surface area contributed by atoms with Crippen LogP contribution in [0.5, 0.6) is 0 Å². The van der Waals surface area contributed by atoms with Crippen LogP contribution in [0, 0.1) is 22.7 Å². The fraction of sp³-hybridized carbons (Fsp3) is 0.905. The number of rotatable bonds is 8. The highest BCUT2D eigenvalue weighted by Gasteiger charge is 2.83. The molecule has 2 aliphatic carbocycles. The van der Waals surface area contributed by atoms with Crippen LogP contribution in [0.15, 0.2) is 0 Å². The minimum atomic E-state index is -3.64. The van der Waals surface area contributed by atoms with Crippen molar-refractivity contribution in [1.82, 2.24) is 5.32 Å². The van der Waals surface area contributed by atoms with E-state index in [4.69, 9.17) is 13.7 Å². The first-order valence-corrected chi connectivity index (χ1v) is 12.2. The van der Waals surface area contributed by atoms with E-state index in [1.54, 1.807) is 6.92 Å². The average molecular weight is 446 g/mol. The highest BCUT2D eigenvalue weighted by atomic mass is 32.2. The lowest BCUT2D eigenvalue weighted by Crippen LogP contribution is -2.60. The molecule has 1 saturated heterocycles. The molecular formula is C21H35NO7S. The molecule has 1 heterocycles. The van der Waals surface area contributed by atoms with Crippen LogP contribution in [0.2, 0.25) is 0 Å². The number of esters is 1. The smallest absolute Gasteiger partial charge is 0.311 e.